The average Bonchev–Trinajstić information content (AvgIpc) is 3.58. The van der Waals surface area contributed by atoms with Crippen LogP contribution in [0.2, 0.25) is 0 Å². The lowest BCUT2D eigenvalue weighted by atomic mass is 9.94. The van der Waals surface area contributed by atoms with Gasteiger partial charge < -0.3 is 4.42 Å². The Kier molecular flexibility index (Phi) is 7.10. The Morgan fingerprint density at radius 2 is 0.776 bits per heavy atom. The lowest BCUT2D eigenvalue weighted by Gasteiger charge is -2.12. The van der Waals surface area contributed by atoms with Gasteiger partial charge in [-0.2, -0.15) is 0 Å². The van der Waals surface area contributed by atoms with Gasteiger partial charge in [-0.25, -0.2) is 15.0 Å². The molecule has 0 saturated carbocycles. The van der Waals surface area contributed by atoms with Crippen molar-refractivity contribution in [2.24, 2.45) is 0 Å². The van der Waals surface area contributed by atoms with Crippen LogP contribution in [0, 0.1) is 0 Å². The van der Waals surface area contributed by atoms with Gasteiger partial charge in [0, 0.05) is 33.0 Å². The maximum atomic E-state index is 6.68. The van der Waals surface area contributed by atoms with Crippen molar-refractivity contribution in [3.8, 4) is 67.5 Å². The molecular weight excluding hydrogens is 599 g/mol. The Morgan fingerprint density at radius 1 is 0.327 bits per heavy atom. The van der Waals surface area contributed by atoms with Gasteiger partial charge in [0.1, 0.15) is 11.2 Å². The summed E-state index contributed by atoms with van der Waals surface area (Å²) in [6, 6.07) is 60.5. The molecule has 230 valence electrons. The van der Waals surface area contributed by atoms with Crippen molar-refractivity contribution in [2.75, 3.05) is 0 Å². The first-order valence-corrected chi connectivity index (χ1v) is 16.4. The monoisotopic (exact) mass is 627 g/mol. The molecule has 9 rings (SSSR count). The second-order valence-electron chi connectivity index (χ2n) is 12.0. The highest BCUT2D eigenvalue weighted by atomic mass is 16.3. The van der Waals surface area contributed by atoms with Crippen molar-refractivity contribution >= 4 is 21.9 Å². The minimum Gasteiger partial charge on any atom is -0.455 e. The smallest absolute Gasteiger partial charge is 0.164 e. The molecule has 0 radical (unpaired) electrons. The number of hydrogen-bond donors (Lipinski definition) is 0. The second-order valence-corrected chi connectivity index (χ2v) is 12.0. The summed E-state index contributed by atoms with van der Waals surface area (Å²) < 4.78 is 6.68. The van der Waals surface area contributed by atoms with E-state index in [9.17, 15) is 0 Å². The van der Waals surface area contributed by atoms with E-state index in [0.29, 0.717) is 17.5 Å². The van der Waals surface area contributed by atoms with Crippen LogP contribution >= 0.6 is 0 Å². The zero-order valence-electron chi connectivity index (χ0n) is 26.5. The molecule has 0 atom stereocenters. The summed E-state index contributed by atoms with van der Waals surface area (Å²) in [6.07, 6.45) is 0. The normalized spacial score (nSPS) is 11.3. The van der Waals surface area contributed by atoms with E-state index >= 15 is 0 Å². The Hall–Kier alpha value is -6.65. The predicted molar refractivity (Wildman–Crippen MR) is 200 cm³/mol. The predicted octanol–water partition coefficient (Wildman–Crippen LogP) is 11.8. The molecular formula is C45H29N3O. The van der Waals surface area contributed by atoms with E-state index in [2.05, 4.69) is 91.0 Å². The quantitative estimate of drug-likeness (QED) is 0.184. The number of fused-ring (bicyclic) bond motifs is 3. The van der Waals surface area contributed by atoms with Crippen LogP contribution in [0.25, 0.3) is 89.5 Å². The fourth-order valence-electron chi connectivity index (χ4n) is 6.55. The summed E-state index contributed by atoms with van der Waals surface area (Å²) in [7, 11) is 0. The van der Waals surface area contributed by atoms with Gasteiger partial charge in [0.2, 0.25) is 0 Å². The SMILES string of the molecule is c1ccc(-c2cccc(-c3cccc(-c4ccc(-c5nc(-c6ccccc6)nc(-c6ccccc6)n5)c5c4oc4ccccc45)c3)c2)cc1. The van der Waals surface area contributed by atoms with Crippen LogP contribution in [-0.4, -0.2) is 15.0 Å². The molecule has 4 heteroatoms. The first kappa shape index (κ1) is 28.6. The highest BCUT2D eigenvalue weighted by molar-refractivity contribution is 6.15. The highest BCUT2D eigenvalue weighted by Crippen LogP contribution is 2.42. The third-order valence-corrected chi connectivity index (χ3v) is 8.94. The molecule has 4 nitrogen and oxygen atoms in total. The maximum Gasteiger partial charge on any atom is 0.164 e. The third-order valence-electron chi connectivity index (χ3n) is 8.94. The highest BCUT2D eigenvalue weighted by Gasteiger charge is 2.21. The lowest BCUT2D eigenvalue weighted by molar-refractivity contribution is 0.670. The Labute approximate surface area is 284 Å². The molecule has 0 spiro atoms. The summed E-state index contributed by atoms with van der Waals surface area (Å²) in [5.74, 6) is 1.85. The van der Waals surface area contributed by atoms with Gasteiger partial charge in [-0.1, -0.05) is 146 Å². The molecule has 0 saturated heterocycles. The number of nitrogens with zero attached hydrogens (tertiary/aromatic N) is 3. The van der Waals surface area contributed by atoms with Crippen molar-refractivity contribution in [2.45, 2.75) is 0 Å². The van der Waals surface area contributed by atoms with Crippen LogP contribution in [0.5, 0.6) is 0 Å². The van der Waals surface area contributed by atoms with E-state index in [1.165, 1.54) is 11.1 Å². The number of aromatic nitrogens is 3. The van der Waals surface area contributed by atoms with Gasteiger partial charge in [-0.3, -0.25) is 0 Å². The van der Waals surface area contributed by atoms with Crippen LogP contribution in [0.1, 0.15) is 0 Å². The van der Waals surface area contributed by atoms with Crippen LogP contribution in [0.4, 0.5) is 0 Å². The van der Waals surface area contributed by atoms with Crippen molar-refractivity contribution in [1.82, 2.24) is 15.0 Å². The summed E-state index contributed by atoms with van der Waals surface area (Å²) in [6.45, 7) is 0. The molecule has 0 N–H and O–H groups in total. The van der Waals surface area contributed by atoms with Crippen molar-refractivity contribution in [3.05, 3.63) is 176 Å². The second kappa shape index (κ2) is 12.2. The molecule has 49 heavy (non-hydrogen) atoms. The zero-order valence-corrected chi connectivity index (χ0v) is 26.5. The molecule has 0 bridgehead atoms. The minimum absolute atomic E-state index is 0.599. The Morgan fingerprint density at radius 3 is 1.41 bits per heavy atom. The molecule has 0 amide bonds. The summed E-state index contributed by atoms with van der Waals surface area (Å²) >= 11 is 0. The Balaban J connectivity index is 1.22. The van der Waals surface area contributed by atoms with Gasteiger partial charge in [-0.15, -0.1) is 0 Å². The maximum absolute atomic E-state index is 6.68. The van der Waals surface area contributed by atoms with E-state index in [4.69, 9.17) is 19.4 Å². The van der Waals surface area contributed by atoms with E-state index in [0.717, 1.165) is 60.9 Å². The average molecular weight is 628 g/mol. The molecule has 0 fully saturated rings. The first-order chi connectivity index (χ1) is 24.3. The molecule has 0 aliphatic carbocycles. The van der Waals surface area contributed by atoms with Crippen molar-refractivity contribution in [3.63, 3.8) is 0 Å². The standard InChI is InChI=1S/C45H29N3O/c1-4-14-30(15-5-1)33-20-12-21-34(28-33)35-22-13-23-36(29-35)37-26-27-39(41-38-24-10-11-25-40(38)49-42(37)41)45-47-43(31-16-6-2-7-17-31)46-44(48-45)32-18-8-3-9-19-32/h1-29H. The van der Waals surface area contributed by atoms with Crippen LogP contribution < -0.4 is 0 Å². The molecule has 0 aliphatic rings. The molecule has 2 aromatic heterocycles. The molecule has 9 aromatic rings. The molecule has 2 heterocycles. The summed E-state index contributed by atoms with van der Waals surface area (Å²) in [5, 5.41) is 2.00. The fraction of sp³-hybridized carbons (Fsp3) is 0. The van der Waals surface area contributed by atoms with Gasteiger partial charge in [0.15, 0.2) is 17.5 Å². The van der Waals surface area contributed by atoms with Gasteiger partial charge in [0.25, 0.3) is 0 Å². The lowest BCUT2D eigenvalue weighted by Crippen LogP contribution is -2.00. The number of rotatable bonds is 6. The number of benzene rings is 7. The van der Waals surface area contributed by atoms with E-state index in [1.807, 2.05) is 84.9 Å². The largest absolute Gasteiger partial charge is 0.455 e. The van der Waals surface area contributed by atoms with E-state index in [-0.39, 0.29) is 0 Å². The zero-order chi connectivity index (χ0) is 32.6. The van der Waals surface area contributed by atoms with Crippen molar-refractivity contribution < 1.29 is 4.42 Å². The topological polar surface area (TPSA) is 51.8 Å². The first-order valence-electron chi connectivity index (χ1n) is 16.4. The fourth-order valence-corrected chi connectivity index (χ4v) is 6.55. The van der Waals surface area contributed by atoms with Crippen LogP contribution in [0.3, 0.4) is 0 Å². The van der Waals surface area contributed by atoms with E-state index in [1.54, 1.807) is 0 Å². The molecule has 0 unspecified atom stereocenters. The van der Waals surface area contributed by atoms with Crippen LogP contribution in [-0.2, 0) is 0 Å². The van der Waals surface area contributed by atoms with Crippen LogP contribution in [0.15, 0.2) is 180 Å². The third kappa shape index (κ3) is 5.35. The summed E-state index contributed by atoms with van der Waals surface area (Å²) in [4.78, 5) is 15.0. The van der Waals surface area contributed by atoms with Gasteiger partial charge in [0.05, 0.1) is 0 Å². The number of hydrogen-bond acceptors (Lipinski definition) is 4. The van der Waals surface area contributed by atoms with Gasteiger partial charge in [-0.05, 0) is 58.1 Å². The van der Waals surface area contributed by atoms with Crippen molar-refractivity contribution in [1.29, 1.82) is 0 Å². The molecule has 0 aliphatic heterocycles. The Bertz CT molecular complexity index is 2540. The number of furan rings is 1. The molecule has 7 aromatic carbocycles. The number of para-hydroxylation sites is 1. The van der Waals surface area contributed by atoms with E-state index < -0.39 is 0 Å². The summed E-state index contributed by atoms with van der Waals surface area (Å²) in [5.41, 5.74) is 11.2. The van der Waals surface area contributed by atoms with Gasteiger partial charge >= 0.3 is 0 Å². The minimum atomic E-state index is 0.599.